The Balaban J connectivity index is 2.09. The van der Waals surface area contributed by atoms with Crippen LogP contribution >= 0.6 is 0 Å². The van der Waals surface area contributed by atoms with Gasteiger partial charge in [0.2, 0.25) is 0 Å². The molecule has 2 aliphatic rings. The van der Waals surface area contributed by atoms with E-state index < -0.39 is 11.4 Å². The van der Waals surface area contributed by atoms with Gasteiger partial charge in [0.15, 0.2) is 0 Å². The van der Waals surface area contributed by atoms with Crippen LogP contribution in [0.15, 0.2) is 23.3 Å². The summed E-state index contributed by atoms with van der Waals surface area (Å²) in [7, 11) is 0. The van der Waals surface area contributed by atoms with Crippen molar-refractivity contribution >= 4 is 11.4 Å². The molecule has 1 aliphatic heterocycles. The molecular formula is C11H17NOS. The first-order valence-electron chi connectivity index (χ1n) is 5.15. The Morgan fingerprint density at radius 3 is 3.00 bits per heavy atom. The topological polar surface area (TPSA) is 26.3 Å². The summed E-state index contributed by atoms with van der Waals surface area (Å²) in [6, 6.07) is 0. The first-order chi connectivity index (χ1) is 6.66. The smallest absolute Gasteiger partial charge is 0.115 e. The van der Waals surface area contributed by atoms with E-state index in [1.54, 1.807) is 6.26 Å². The third-order valence-electron chi connectivity index (χ3n) is 2.98. The standard InChI is InChI=1S/C11H17NOS/c1-9-3-4-11-8-12(14(2)13)6-5-10(11)7-9/h4,7,9H,3,5-6,8H2,1-2H3. The lowest BCUT2D eigenvalue weighted by molar-refractivity contribution is 0.420. The SMILES string of the molecule is CC1C=C2CCN([S+](C)[O-])CC2=CC1. The van der Waals surface area contributed by atoms with Crippen LogP contribution in [-0.2, 0) is 11.4 Å². The lowest BCUT2D eigenvalue weighted by Gasteiger charge is -2.31. The van der Waals surface area contributed by atoms with Crippen molar-refractivity contribution in [1.82, 2.24) is 4.31 Å². The maximum absolute atomic E-state index is 11.3. The lowest BCUT2D eigenvalue weighted by Crippen LogP contribution is -2.37. The van der Waals surface area contributed by atoms with Gasteiger partial charge in [0.05, 0.1) is 6.54 Å². The van der Waals surface area contributed by atoms with Gasteiger partial charge in [-0.3, -0.25) is 0 Å². The molecular weight excluding hydrogens is 194 g/mol. The van der Waals surface area contributed by atoms with Crippen molar-refractivity contribution in [3.8, 4) is 0 Å². The summed E-state index contributed by atoms with van der Waals surface area (Å²) in [5, 5.41) is 0. The van der Waals surface area contributed by atoms with Crippen molar-refractivity contribution < 1.29 is 4.55 Å². The highest BCUT2D eigenvalue weighted by atomic mass is 32.2. The number of hydrogen-bond acceptors (Lipinski definition) is 2. The fourth-order valence-electron chi connectivity index (χ4n) is 2.12. The van der Waals surface area contributed by atoms with Crippen molar-refractivity contribution in [1.29, 1.82) is 0 Å². The second-order valence-electron chi connectivity index (χ2n) is 4.17. The number of nitrogens with zero attached hydrogens (tertiary/aromatic N) is 1. The van der Waals surface area contributed by atoms with E-state index in [-0.39, 0.29) is 0 Å². The second-order valence-corrected chi connectivity index (χ2v) is 5.54. The molecule has 0 spiro atoms. The zero-order chi connectivity index (χ0) is 10.1. The molecule has 78 valence electrons. The Bertz CT molecular complexity index is 283. The Morgan fingerprint density at radius 1 is 1.50 bits per heavy atom. The highest BCUT2D eigenvalue weighted by molar-refractivity contribution is 7.88. The van der Waals surface area contributed by atoms with Crippen LogP contribution in [-0.4, -0.2) is 28.2 Å². The normalized spacial score (nSPS) is 30.4. The van der Waals surface area contributed by atoms with Crippen molar-refractivity contribution in [2.75, 3.05) is 19.3 Å². The molecule has 1 fully saturated rings. The molecule has 0 saturated carbocycles. The minimum absolute atomic E-state index is 0.687. The van der Waals surface area contributed by atoms with E-state index in [1.165, 1.54) is 11.1 Å². The first-order valence-corrected chi connectivity index (χ1v) is 6.67. The van der Waals surface area contributed by atoms with Crippen molar-refractivity contribution in [2.24, 2.45) is 5.92 Å². The zero-order valence-corrected chi connectivity index (χ0v) is 9.64. The Kier molecular flexibility index (Phi) is 3.00. The molecule has 0 aromatic rings. The van der Waals surface area contributed by atoms with Crippen molar-refractivity contribution in [3.05, 3.63) is 23.3 Å². The predicted molar refractivity (Wildman–Crippen MR) is 60.2 cm³/mol. The van der Waals surface area contributed by atoms with Gasteiger partial charge in [0.1, 0.15) is 6.26 Å². The molecule has 0 aromatic heterocycles. The number of fused-ring (bicyclic) bond motifs is 1. The Morgan fingerprint density at radius 2 is 2.29 bits per heavy atom. The third kappa shape index (κ3) is 2.05. The van der Waals surface area contributed by atoms with Gasteiger partial charge in [0.25, 0.3) is 0 Å². The molecule has 0 amide bonds. The summed E-state index contributed by atoms with van der Waals surface area (Å²) in [5.74, 6) is 0.687. The summed E-state index contributed by atoms with van der Waals surface area (Å²) in [4.78, 5) is 0. The average Bonchev–Trinajstić information content (AvgIpc) is 2.16. The number of rotatable bonds is 1. The van der Waals surface area contributed by atoms with Gasteiger partial charge < -0.3 is 4.55 Å². The fraction of sp³-hybridized carbons (Fsp3) is 0.636. The fourth-order valence-corrected chi connectivity index (χ4v) is 2.79. The largest absolute Gasteiger partial charge is 0.598 e. The maximum Gasteiger partial charge on any atom is 0.115 e. The second kappa shape index (κ2) is 4.09. The van der Waals surface area contributed by atoms with E-state index in [9.17, 15) is 4.55 Å². The van der Waals surface area contributed by atoms with E-state index in [2.05, 4.69) is 19.1 Å². The highest BCUT2D eigenvalue weighted by Gasteiger charge is 2.26. The molecule has 3 heteroatoms. The molecule has 1 aliphatic carbocycles. The highest BCUT2D eigenvalue weighted by Crippen LogP contribution is 2.30. The molecule has 1 saturated heterocycles. The molecule has 1 heterocycles. The van der Waals surface area contributed by atoms with Crippen LogP contribution in [0.25, 0.3) is 0 Å². The number of allylic oxidation sites excluding steroid dienone is 2. The van der Waals surface area contributed by atoms with Crippen LogP contribution < -0.4 is 0 Å². The molecule has 2 unspecified atom stereocenters. The number of piperidine rings is 1. The van der Waals surface area contributed by atoms with Crippen molar-refractivity contribution in [2.45, 2.75) is 19.8 Å². The van der Waals surface area contributed by atoms with E-state index in [0.717, 1.165) is 25.9 Å². The van der Waals surface area contributed by atoms with Gasteiger partial charge in [-0.1, -0.05) is 19.1 Å². The Labute approximate surface area is 89.0 Å². The van der Waals surface area contributed by atoms with Gasteiger partial charge in [-0.2, -0.15) is 0 Å². The third-order valence-corrected chi connectivity index (χ3v) is 4.01. The average molecular weight is 211 g/mol. The monoisotopic (exact) mass is 211 g/mol. The summed E-state index contributed by atoms with van der Waals surface area (Å²) in [6.45, 7) is 4.07. The van der Waals surface area contributed by atoms with Gasteiger partial charge in [-0.25, -0.2) is 0 Å². The van der Waals surface area contributed by atoms with Crippen molar-refractivity contribution in [3.63, 3.8) is 0 Å². The van der Waals surface area contributed by atoms with Crippen LogP contribution in [0, 0.1) is 5.92 Å². The molecule has 0 N–H and O–H groups in total. The summed E-state index contributed by atoms with van der Waals surface area (Å²) in [6.07, 6.45) is 8.67. The van der Waals surface area contributed by atoms with E-state index in [4.69, 9.17) is 0 Å². The maximum atomic E-state index is 11.3. The van der Waals surface area contributed by atoms with E-state index >= 15 is 0 Å². The van der Waals surface area contributed by atoms with Crippen LogP contribution in [0.3, 0.4) is 0 Å². The molecule has 2 rings (SSSR count). The summed E-state index contributed by atoms with van der Waals surface area (Å²) in [5.41, 5.74) is 2.90. The number of hydrogen-bond donors (Lipinski definition) is 0. The van der Waals surface area contributed by atoms with Crippen LogP contribution in [0.2, 0.25) is 0 Å². The summed E-state index contributed by atoms with van der Waals surface area (Å²) >= 11 is -0.811. The minimum atomic E-state index is -0.811. The van der Waals surface area contributed by atoms with Crippen LogP contribution in [0.4, 0.5) is 0 Å². The van der Waals surface area contributed by atoms with Crippen LogP contribution in [0.1, 0.15) is 19.8 Å². The molecule has 0 bridgehead atoms. The minimum Gasteiger partial charge on any atom is -0.598 e. The molecule has 2 nitrogen and oxygen atoms in total. The van der Waals surface area contributed by atoms with E-state index in [1.807, 2.05) is 4.31 Å². The molecule has 14 heavy (non-hydrogen) atoms. The summed E-state index contributed by atoms with van der Waals surface area (Å²) < 4.78 is 13.4. The quantitative estimate of drug-likeness (QED) is 0.619. The lowest BCUT2D eigenvalue weighted by atomic mass is 9.88. The Hall–Kier alpha value is -0.250. The first kappa shape index (κ1) is 10.3. The van der Waals surface area contributed by atoms with Gasteiger partial charge in [-0.15, -0.1) is 4.31 Å². The van der Waals surface area contributed by atoms with Gasteiger partial charge in [0, 0.05) is 17.9 Å². The van der Waals surface area contributed by atoms with Gasteiger partial charge in [-0.05, 0) is 29.9 Å². The van der Waals surface area contributed by atoms with Gasteiger partial charge >= 0.3 is 0 Å². The molecule has 0 aromatic carbocycles. The molecule has 0 radical (unpaired) electrons. The zero-order valence-electron chi connectivity index (χ0n) is 8.82. The van der Waals surface area contributed by atoms with Crippen LogP contribution in [0.5, 0.6) is 0 Å². The van der Waals surface area contributed by atoms with E-state index in [0.29, 0.717) is 5.92 Å². The predicted octanol–water partition coefficient (Wildman–Crippen LogP) is 1.88. The molecule has 2 atom stereocenters.